The van der Waals surface area contributed by atoms with E-state index in [1.807, 2.05) is 0 Å². The molecule has 0 aromatic rings. The first kappa shape index (κ1) is 4.15. The molecule has 0 aliphatic heterocycles. The summed E-state index contributed by atoms with van der Waals surface area (Å²) in [5.74, 6) is 0. The number of hydrogen-bond acceptors (Lipinski definition) is 0. The maximum Gasteiger partial charge on any atom is 0.165 e. The van der Waals surface area contributed by atoms with Gasteiger partial charge in [-0.15, -0.1) is 0 Å². The summed E-state index contributed by atoms with van der Waals surface area (Å²) in [6.07, 6.45) is 0. The van der Waals surface area contributed by atoms with Crippen LogP contribution in [0, 0.1) is 6.58 Å². The molecule has 0 rings (SSSR count). The zero-order valence-corrected chi connectivity index (χ0v) is 3.42. The lowest BCUT2D eigenvalue weighted by atomic mass is 11.2. The van der Waals surface area contributed by atoms with Crippen molar-refractivity contribution in [1.29, 1.82) is 0 Å². The van der Waals surface area contributed by atoms with Gasteiger partial charge in [-0.3, -0.25) is 0 Å². The van der Waals surface area contributed by atoms with Crippen LogP contribution in [-0.2, 0) is 0 Å². The van der Waals surface area contributed by atoms with E-state index < -0.39 is 4.74 Å². The van der Waals surface area contributed by atoms with E-state index in [0.29, 0.717) is 0 Å². The fourth-order valence-electron chi connectivity index (χ4n) is 0. The van der Waals surface area contributed by atoms with Gasteiger partial charge in [0.1, 0.15) is 0 Å². The van der Waals surface area contributed by atoms with Gasteiger partial charge >= 0.3 is 0 Å². The minimum atomic E-state index is -0.771. The van der Waals surface area contributed by atoms with E-state index in [1.165, 1.54) is 0 Å². The molecule has 0 unspecified atom stereocenters. The summed E-state index contributed by atoms with van der Waals surface area (Å²) in [4.78, 5) is 0. The van der Waals surface area contributed by atoms with Crippen molar-refractivity contribution in [3.63, 3.8) is 0 Å². The van der Waals surface area contributed by atoms with Gasteiger partial charge < -0.3 is 0 Å². The highest BCUT2D eigenvalue weighted by Crippen LogP contribution is 1.96. The van der Waals surface area contributed by atoms with Gasteiger partial charge in [0.15, 0.2) is 4.74 Å². The zero-order valence-electron chi connectivity index (χ0n) is 1.83. The summed E-state index contributed by atoms with van der Waals surface area (Å²) in [6, 6.07) is 0. The monoisotopic (exact) mass is 123 g/mol. The van der Waals surface area contributed by atoms with Crippen molar-refractivity contribution < 1.29 is 4.39 Å². The van der Waals surface area contributed by atoms with E-state index >= 15 is 0 Å². The van der Waals surface area contributed by atoms with E-state index in [2.05, 4.69) is 22.5 Å². The molecular weight excluding hydrogens is 123 g/mol. The van der Waals surface area contributed by atoms with E-state index in [-0.39, 0.29) is 0 Å². The average molecular weight is 124 g/mol. The predicted molar refractivity (Wildman–Crippen MR) is 17.8 cm³/mol. The first-order valence-corrected chi connectivity index (χ1v) is 1.46. The van der Waals surface area contributed by atoms with Crippen LogP contribution < -0.4 is 0 Å². The van der Waals surface area contributed by atoms with Gasteiger partial charge in [-0.25, -0.2) is 0 Å². The molecular formula is C2HBrF. The highest BCUT2D eigenvalue weighted by molar-refractivity contribution is 9.11. The van der Waals surface area contributed by atoms with Gasteiger partial charge in [-0.05, 0) is 22.5 Å². The van der Waals surface area contributed by atoms with Crippen molar-refractivity contribution >= 4 is 15.9 Å². The molecule has 0 bridgehead atoms. The third kappa shape index (κ3) is 126. The number of hydrogen-bond donors (Lipinski definition) is 0. The lowest BCUT2D eigenvalue weighted by Gasteiger charge is -1.55. The highest BCUT2D eigenvalue weighted by atomic mass is 79.9. The molecule has 1 radical (unpaired) electrons. The van der Waals surface area contributed by atoms with Crippen LogP contribution in [0.4, 0.5) is 4.39 Å². The molecule has 0 saturated carbocycles. The number of halogens is 2. The van der Waals surface area contributed by atoms with Crippen LogP contribution in [0.25, 0.3) is 0 Å². The Bertz CT molecular complexity index is 29.0. The molecule has 0 spiro atoms. The Hall–Kier alpha value is 0.150. The summed E-state index contributed by atoms with van der Waals surface area (Å²) in [6.45, 7) is 4.28. The Balaban J connectivity index is 2.80. The molecule has 0 aliphatic carbocycles. The smallest absolute Gasteiger partial charge is 0.165 e. The normalized spacial score (nSPS) is 6.50. The van der Waals surface area contributed by atoms with Gasteiger partial charge in [0.2, 0.25) is 0 Å². The standard InChI is InChI=1S/C2HBrF/c1-2(3)4/h1H. The van der Waals surface area contributed by atoms with Gasteiger partial charge in [0.05, 0.1) is 0 Å². The van der Waals surface area contributed by atoms with Crippen molar-refractivity contribution in [3.8, 4) is 0 Å². The lowest BCUT2D eigenvalue weighted by Crippen LogP contribution is -1.27. The van der Waals surface area contributed by atoms with Crippen LogP contribution in [0.5, 0.6) is 0 Å². The van der Waals surface area contributed by atoms with Gasteiger partial charge in [0, 0.05) is 0 Å². The third-order valence-corrected chi connectivity index (χ3v) is 0. The van der Waals surface area contributed by atoms with Gasteiger partial charge in [-0.1, -0.05) is 0 Å². The lowest BCUT2D eigenvalue weighted by molar-refractivity contribution is 0.706. The molecule has 0 nitrogen and oxygen atoms in total. The molecule has 2 heteroatoms. The fourth-order valence-corrected chi connectivity index (χ4v) is 0. The molecule has 0 aromatic heterocycles. The van der Waals surface area contributed by atoms with Crippen molar-refractivity contribution in [2.24, 2.45) is 0 Å². The van der Waals surface area contributed by atoms with Crippen LogP contribution in [-0.4, -0.2) is 0 Å². The molecule has 4 heavy (non-hydrogen) atoms. The first-order chi connectivity index (χ1) is 1.73. The van der Waals surface area contributed by atoms with Gasteiger partial charge in [0.25, 0.3) is 0 Å². The average Bonchev–Trinajstić information content (AvgIpc) is 0.811. The van der Waals surface area contributed by atoms with Crippen molar-refractivity contribution in [3.05, 3.63) is 11.3 Å². The summed E-state index contributed by atoms with van der Waals surface area (Å²) in [7, 11) is 0. The minimum Gasteiger partial charge on any atom is -0.199 e. The SMILES string of the molecule is [CH]=C(F)Br. The molecule has 0 heterocycles. The fraction of sp³-hybridized carbons (Fsp3) is 0. The molecule has 23 valence electrons. The second-order valence-corrected chi connectivity index (χ2v) is 1.05. The molecule has 0 N–H and O–H groups in total. The quantitative estimate of drug-likeness (QED) is 0.460. The molecule has 0 amide bonds. The second kappa shape index (κ2) is 1.47. The van der Waals surface area contributed by atoms with Crippen LogP contribution in [0.1, 0.15) is 0 Å². The minimum absolute atomic E-state index is 0.771. The van der Waals surface area contributed by atoms with E-state index in [4.69, 9.17) is 0 Å². The van der Waals surface area contributed by atoms with E-state index in [1.54, 1.807) is 0 Å². The maximum absolute atomic E-state index is 10.6. The second-order valence-electron chi connectivity index (χ2n) is 0.290. The molecule has 0 fully saturated rings. The molecule has 0 atom stereocenters. The van der Waals surface area contributed by atoms with Crippen LogP contribution >= 0.6 is 15.9 Å². The Morgan fingerprint density at radius 2 is 2.00 bits per heavy atom. The molecule has 0 aromatic carbocycles. The van der Waals surface area contributed by atoms with Crippen molar-refractivity contribution in [2.45, 2.75) is 0 Å². The highest BCUT2D eigenvalue weighted by Gasteiger charge is 1.63. The van der Waals surface area contributed by atoms with Gasteiger partial charge in [-0.2, -0.15) is 4.39 Å². The third-order valence-electron chi connectivity index (χ3n) is 0. The molecule has 0 saturated heterocycles. The van der Waals surface area contributed by atoms with Crippen LogP contribution in [0.15, 0.2) is 4.74 Å². The summed E-state index contributed by atoms with van der Waals surface area (Å²) < 4.78 is 9.84. The largest absolute Gasteiger partial charge is 0.199 e. The Morgan fingerprint density at radius 1 is 2.00 bits per heavy atom. The van der Waals surface area contributed by atoms with E-state index in [9.17, 15) is 4.39 Å². The van der Waals surface area contributed by atoms with E-state index in [0.717, 1.165) is 0 Å². The predicted octanol–water partition coefficient (Wildman–Crippen LogP) is 1.63. The van der Waals surface area contributed by atoms with Crippen LogP contribution in [0.2, 0.25) is 0 Å². The summed E-state index contributed by atoms with van der Waals surface area (Å²) >= 11 is 2.30. The number of rotatable bonds is 0. The summed E-state index contributed by atoms with van der Waals surface area (Å²) in [5.41, 5.74) is 0. The zero-order chi connectivity index (χ0) is 3.58. The van der Waals surface area contributed by atoms with Crippen molar-refractivity contribution in [1.82, 2.24) is 0 Å². The Labute approximate surface area is 32.4 Å². The summed E-state index contributed by atoms with van der Waals surface area (Å²) in [5, 5.41) is 0. The Kier molecular flexibility index (Phi) is 1.52. The van der Waals surface area contributed by atoms with Crippen LogP contribution in [0.3, 0.4) is 0 Å². The Morgan fingerprint density at radius 3 is 2.00 bits per heavy atom. The first-order valence-electron chi connectivity index (χ1n) is 0.667. The van der Waals surface area contributed by atoms with Crippen molar-refractivity contribution in [2.75, 3.05) is 0 Å². The molecule has 0 aliphatic rings. The maximum atomic E-state index is 10.6. The topological polar surface area (TPSA) is 0 Å².